The minimum Gasteiger partial charge on any atom is -0.450 e. The number of nitrogens with one attached hydrogen (secondary N) is 2. The van der Waals surface area contributed by atoms with Crippen molar-refractivity contribution in [1.29, 1.82) is 0 Å². The number of anilines is 2. The summed E-state index contributed by atoms with van der Waals surface area (Å²) in [5, 5.41) is 6.15. The van der Waals surface area contributed by atoms with Crippen LogP contribution in [0, 0.1) is 6.92 Å². The fraction of sp³-hybridized carbons (Fsp3) is 0.350. The Balaban J connectivity index is 1.95. The molecule has 0 bridgehead atoms. The number of ether oxygens (including phenoxy) is 1. The third-order valence-corrected chi connectivity index (χ3v) is 3.88. The van der Waals surface area contributed by atoms with Crippen LogP contribution in [-0.4, -0.2) is 12.7 Å². The van der Waals surface area contributed by atoms with Crippen molar-refractivity contribution in [2.45, 2.75) is 40.2 Å². The van der Waals surface area contributed by atoms with Crippen molar-refractivity contribution in [3.63, 3.8) is 0 Å². The lowest BCUT2D eigenvalue weighted by molar-refractivity contribution is 0.168. The van der Waals surface area contributed by atoms with Gasteiger partial charge < -0.3 is 10.1 Å². The van der Waals surface area contributed by atoms with Crippen LogP contribution in [0.15, 0.2) is 42.5 Å². The van der Waals surface area contributed by atoms with Crippen molar-refractivity contribution in [3.05, 3.63) is 59.2 Å². The average Bonchev–Trinajstić information content (AvgIpc) is 2.56. The molecule has 0 radical (unpaired) electrons. The molecular formula is C20H26N2O2. The molecule has 0 aliphatic rings. The molecule has 0 spiro atoms. The molecule has 0 aliphatic carbocycles. The normalized spacial score (nSPS) is 10.5. The molecular weight excluding hydrogens is 300 g/mol. The van der Waals surface area contributed by atoms with Gasteiger partial charge in [-0.1, -0.05) is 38.1 Å². The zero-order valence-corrected chi connectivity index (χ0v) is 14.8. The summed E-state index contributed by atoms with van der Waals surface area (Å²) in [7, 11) is 0. The molecule has 0 fully saturated rings. The van der Waals surface area contributed by atoms with Gasteiger partial charge in [0, 0.05) is 17.9 Å². The molecule has 4 heteroatoms. The SMILES string of the molecule is CCOC(=O)Nc1ccc(NCc2ccc(C(C)C)cc2)cc1C. The standard InChI is InChI=1S/C20H26N2O2/c1-5-24-20(23)22-19-11-10-18(12-15(19)4)21-13-16-6-8-17(9-7-16)14(2)3/h6-12,14,21H,5,13H2,1-4H3,(H,22,23). The van der Waals surface area contributed by atoms with Crippen LogP contribution in [0.5, 0.6) is 0 Å². The first-order chi connectivity index (χ1) is 11.5. The summed E-state index contributed by atoms with van der Waals surface area (Å²) in [6.07, 6.45) is -0.424. The predicted octanol–water partition coefficient (Wildman–Crippen LogP) is 5.30. The molecule has 0 saturated carbocycles. The molecule has 0 unspecified atom stereocenters. The smallest absolute Gasteiger partial charge is 0.411 e. The number of rotatable bonds is 6. The van der Waals surface area contributed by atoms with Gasteiger partial charge in [-0.3, -0.25) is 5.32 Å². The molecule has 24 heavy (non-hydrogen) atoms. The Bertz CT molecular complexity index is 679. The fourth-order valence-corrected chi connectivity index (χ4v) is 2.42. The number of hydrogen-bond donors (Lipinski definition) is 2. The van der Waals surface area contributed by atoms with E-state index in [1.54, 1.807) is 6.92 Å². The van der Waals surface area contributed by atoms with E-state index in [4.69, 9.17) is 4.74 Å². The quantitative estimate of drug-likeness (QED) is 0.757. The fourth-order valence-electron chi connectivity index (χ4n) is 2.42. The molecule has 0 saturated heterocycles. The first-order valence-corrected chi connectivity index (χ1v) is 8.36. The largest absolute Gasteiger partial charge is 0.450 e. The summed E-state index contributed by atoms with van der Waals surface area (Å²) < 4.78 is 4.90. The van der Waals surface area contributed by atoms with Crippen molar-refractivity contribution in [1.82, 2.24) is 0 Å². The van der Waals surface area contributed by atoms with E-state index in [1.165, 1.54) is 11.1 Å². The van der Waals surface area contributed by atoms with E-state index in [1.807, 2.05) is 25.1 Å². The predicted molar refractivity (Wildman–Crippen MR) is 99.7 cm³/mol. The topological polar surface area (TPSA) is 50.4 Å². The molecule has 4 nitrogen and oxygen atoms in total. The maximum absolute atomic E-state index is 11.5. The number of carbonyl (C=O) groups excluding carboxylic acids is 1. The lowest BCUT2D eigenvalue weighted by atomic mass is 10.0. The van der Waals surface area contributed by atoms with Gasteiger partial charge in [0.25, 0.3) is 0 Å². The van der Waals surface area contributed by atoms with Crippen LogP contribution < -0.4 is 10.6 Å². The van der Waals surface area contributed by atoms with E-state index < -0.39 is 6.09 Å². The van der Waals surface area contributed by atoms with Crippen LogP contribution in [0.2, 0.25) is 0 Å². The summed E-state index contributed by atoms with van der Waals surface area (Å²) in [5.41, 5.74) is 5.37. The average molecular weight is 326 g/mol. The lowest BCUT2D eigenvalue weighted by Gasteiger charge is -2.12. The maximum Gasteiger partial charge on any atom is 0.411 e. The molecule has 128 valence electrons. The molecule has 2 N–H and O–H groups in total. The van der Waals surface area contributed by atoms with Gasteiger partial charge in [-0.25, -0.2) is 4.79 Å². The van der Waals surface area contributed by atoms with E-state index in [2.05, 4.69) is 48.7 Å². The summed E-state index contributed by atoms with van der Waals surface area (Å²) >= 11 is 0. The van der Waals surface area contributed by atoms with Gasteiger partial charge in [-0.15, -0.1) is 0 Å². The molecule has 2 aromatic rings. The Kier molecular flexibility index (Phi) is 6.24. The third kappa shape index (κ3) is 5.01. The number of amides is 1. The zero-order valence-electron chi connectivity index (χ0n) is 14.8. The Morgan fingerprint density at radius 3 is 2.42 bits per heavy atom. The highest BCUT2D eigenvalue weighted by molar-refractivity contribution is 5.86. The monoisotopic (exact) mass is 326 g/mol. The summed E-state index contributed by atoms with van der Waals surface area (Å²) in [6.45, 7) is 9.27. The van der Waals surface area contributed by atoms with Crippen molar-refractivity contribution >= 4 is 17.5 Å². The third-order valence-electron chi connectivity index (χ3n) is 3.88. The van der Waals surface area contributed by atoms with E-state index in [-0.39, 0.29) is 0 Å². The highest BCUT2D eigenvalue weighted by Gasteiger charge is 2.06. The van der Waals surface area contributed by atoms with Crippen LogP contribution in [0.25, 0.3) is 0 Å². The van der Waals surface area contributed by atoms with Crippen molar-refractivity contribution < 1.29 is 9.53 Å². The van der Waals surface area contributed by atoms with Gasteiger partial charge in [-0.05, 0) is 54.7 Å². The number of carbonyl (C=O) groups is 1. The van der Waals surface area contributed by atoms with Crippen LogP contribution in [0.1, 0.15) is 43.4 Å². The minimum absolute atomic E-state index is 0.361. The highest BCUT2D eigenvalue weighted by atomic mass is 16.5. The number of benzene rings is 2. The van der Waals surface area contributed by atoms with Crippen LogP contribution in [0.3, 0.4) is 0 Å². The second-order valence-electron chi connectivity index (χ2n) is 6.13. The van der Waals surface area contributed by atoms with Gasteiger partial charge in [0.1, 0.15) is 0 Å². The number of aryl methyl sites for hydroxylation is 1. The van der Waals surface area contributed by atoms with Gasteiger partial charge in [0.15, 0.2) is 0 Å². The molecule has 2 rings (SSSR count). The molecule has 0 heterocycles. The second kappa shape index (κ2) is 8.39. The van der Waals surface area contributed by atoms with Gasteiger partial charge in [0.2, 0.25) is 0 Å². The summed E-state index contributed by atoms with van der Waals surface area (Å²) in [4.78, 5) is 11.5. The summed E-state index contributed by atoms with van der Waals surface area (Å²) in [6, 6.07) is 14.5. The molecule has 0 aromatic heterocycles. The van der Waals surface area contributed by atoms with E-state index >= 15 is 0 Å². The Morgan fingerprint density at radius 1 is 1.12 bits per heavy atom. The second-order valence-corrected chi connectivity index (χ2v) is 6.13. The molecule has 0 aliphatic heterocycles. The van der Waals surface area contributed by atoms with Crippen molar-refractivity contribution in [2.24, 2.45) is 0 Å². The van der Waals surface area contributed by atoms with Crippen molar-refractivity contribution in [3.8, 4) is 0 Å². The molecule has 2 aromatic carbocycles. The Labute approximate surface area is 144 Å². The van der Waals surface area contributed by atoms with E-state index in [9.17, 15) is 4.79 Å². The van der Waals surface area contributed by atoms with E-state index in [0.717, 1.165) is 23.5 Å². The van der Waals surface area contributed by atoms with E-state index in [0.29, 0.717) is 12.5 Å². The van der Waals surface area contributed by atoms with Crippen molar-refractivity contribution in [2.75, 3.05) is 17.2 Å². The molecule has 1 amide bonds. The molecule has 0 atom stereocenters. The Morgan fingerprint density at radius 2 is 1.83 bits per heavy atom. The van der Waals surface area contributed by atoms with Gasteiger partial charge in [-0.2, -0.15) is 0 Å². The highest BCUT2D eigenvalue weighted by Crippen LogP contribution is 2.21. The lowest BCUT2D eigenvalue weighted by Crippen LogP contribution is -2.14. The Hall–Kier alpha value is -2.49. The van der Waals surface area contributed by atoms with Gasteiger partial charge >= 0.3 is 6.09 Å². The number of hydrogen-bond acceptors (Lipinski definition) is 3. The first-order valence-electron chi connectivity index (χ1n) is 8.36. The van der Waals surface area contributed by atoms with Crippen LogP contribution in [-0.2, 0) is 11.3 Å². The van der Waals surface area contributed by atoms with Gasteiger partial charge in [0.05, 0.1) is 6.61 Å². The first kappa shape index (κ1) is 17.9. The maximum atomic E-state index is 11.5. The van der Waals surface area contributed by atoms with Crippen LogP contribution in [0.4, 0.5) is 16.2 Å². The summed E-state index contributed by atoms with van der Waals surface area (Å²) in [5.74, 6) is 0.550. The van der Waals surface area contributed by atoms with Crippen LogP contribution >= 0.6 is 0 Å². The zero-order chi connectivity index (χ0) is 17.5. The minimum atomic E-state index is -0.424.